The van der Waals surface area contributed by atoms with E-state index in [9.17, 15) is 5.26 Å². The molecule has 0 saturated heterocycles. The quantitative estimate of drug-likeness (QED) is 0.444. The van der Waals surface area contributed by atoms with Crippen LogP contribution in [-0.2, 0) is 5.04 Å². The molecule has 1 aromatic rings. The zero-order chi connectivity index (χ0) is 7.40. The molecule has 0 N–H and O–H groups in total. The largest absolute Gasteiger partial charge is 0.682 e. The van der Waals surface area contributed by atoms with Crippen LogP contribution in [0.15, 0.2) is 24.3 Å². The zero-order valence-corrected chi connectivity index (χ0v) is 5.53. The standard InChI is InChI=1S/C7H8O3/c1-6-2-4-7(5-3-6)9-10-8/h2-5,8H,1H3/p-1. The highest BCUT2D eigenvalue weighted by Gasteiger charge is 1.88. The first-order valence-corrected chi connectivity index (χ1v) is 2.86. The minimum atomic E-state index is 0.417. The third-order valence-corrected chi connectivity index (χ3v) is 1.15. The summed E-state index contributed by atoms with van der Waals surface area (Å²) in [4.78, 5) is 4.21. The molecule has 54 valence electrons. The van der Waals surface area contributed by atoms with Crippen molar-refractivity contribution in [2.75, 3.05) is 0 Å². The molecule has 0 aliphatic carbocycles. The number of benzene rings is 1. The molecular formula is C7H7O3-. The van der Waals surface area contributed by atoms with Gasteiger partial charge in [0.05, 0.1) is 0 Å². The average Bonchev–Trinajstić information content (AvgIpc) is 1.95. The van der Waals surface area contributed by atoms with Crippen LogP contribution in [0.25, 0.3) is 0 Å². The van der Waals surface area contributed by atoms with Gasteiger partial charge in [-0.1, -0.05) is 17.7 Å². The maximum absolute atomic E-state index is 9.46. The summed E-state index contributed by atoms with van der Waals surface area (Å²) < 4.78 is 0. The van der Waals surface area contributed by atoms with Crippen LogP contribution in [0, 0.1) is 6.92 Å². The van der Waals surface area contributed by atoms with E-state index in [1.165, 1.54) is 0 Å². The Morgan fingerprint density at radius 1 is 1.20 bits per heavy atom. The van der Waals surface area contributed by atoms with Crippen LogP contribution in [0.3, 0.4) is 0 Å². The second kappa shape index (κ2) is 3.20. The topological polar surface area (TPSA) is 41.5 Å². The van der Waals surface area contributed by atoms with Gasteiger partial charge in [0.15, 0.2) is 5.75 Å². The maximum atomic E-state index is 9.46. The van der Waals surface area contributed by atoms with Crippen LogP contribution in [0.2, 0.25) is 0 Å². The first-order valence-electron chi connectivity index (χ1n) is 2.86. The predicted octanol–water partition coefficient (Wildman–Crippen LogP) is 0.581. The van der Waals surface area contributed by atoms with Gasteiger partial charge in [0.25, 0.3) is 0 Å². The fraction of sp³-hybridized carbons (Fsp3) is 0.143. The Labute approximate surface area is 58.7 Å². The lowest BCUT2D eigenvalue weighted by molar-refractivity contribution is -0.778. The van der Waals surface area contributed by atoms with E-state index in [4.69, 9.17) is 0 Å². The molecule has 3 nitrogen and oxygen atoms in total. The van der Waals surface area contributed by atoms with E-state index in [2.05, 4.69) is 9.93 Å². The van der Waals surface area contributed by atoms with Crippen molar-refractivity contribution in [3.63, 3.8) is 0 Å². The molecule has 0 spiro atoms. The molecule has 0 unspecified atom stereocenters. The summed E-state index contributed by atoms with van der Waals surface area (Å²) in [7, 11) is 0. The minimum Gasteiger partial charge on any atom is -0.682 e. The summed E-state index contributed by atoms with van der Waals surface area (Å²) in [6.45, 7) is 1.95. The summed E-state index contributed by atoms with van der Waals surface area (Å²) in [6, 6.07) is 6.98. The smallest absolute Gasteiger partial charge is 0.164 e. The first-order chi connectivity index (χ1) is 4.83. The molecule has 10 heavy (non-hydrogen) atoms. The van der Waals surface area contributed by atoms with Crippen LogP contribution in [-0.4, -0.2) is 0 Å². The fourth-order valence-electron chi connectivity index (χ4n) is 0.633. The van der Waals surface area contributed by atoms with Gasteiger partial charge in [-0.15, -0.1) is 0 Å². The Kier molecular flexibility index (Phi) is 2.25. The molecule has 0 saturated carbocycles. The van der Waals surface area contributed by atoms with E-state index < -0.39 is 0 Å². The van der Waals surface area contributed by atoms with Gasteiger partial charge in [0.2, 0.25) is 0 Å². The van der Waals surface area contributed by atoms with Crippen molar-refractivity contribution in [2.45, 2.75) is 6.92 Å². The first kappa shape index (κ1) is 7.05. The van der Waals surface area contributed by atoms with Gasteiger partial charge in [-0.25, -0.2) is 5.04 Å². The molecule has 1 rings (SSSR count). The molecular weight excluding hydrogens is 132 g/mol. The van der Waals surface area contributed by atoms with Crippen molar-refractivity contribution in [3.8, 4) is 5.75 Å². The Morgan fingerprint density at radius 3 is 2.30 bits per heavy atom. The maximum Gasteiger partial charge on any atom is 0.164 e. The second-order valence-corrected chi connectivity index (χ2v) is 1.96. The summed E-state index contributed by atoms with van der Waals surface area (Å²) in [5.41, 5.74) is 1.11. The van der Waals surface area contributed by atoms with Crippen LogP contribution in [0.5, 0.6) is 5.75 Å². The zero-order valence-electron chi connectivity index (χ0n) is 5.53. The van der Waals surface area contributed by atoms with Crippen molar-refractivity contribution in [2.24, 2.45) is 0 Å². The van der Waals surface area contributed by atoms with Crippen molar-refractivity contribution in [1.29, 1.82) is 0 Å². The third kappa shape index (κ3) is 1.72. The Bertz CT molecular complexity index is 193. The lowest BCUT2D eigenvalue weighted by Gasteiger charge is -2.05. The Balaban J connectivity index is 2.69. The average molecular weight is 139 g/mol. The van der Waals surface area contributed by atoms with E-state index in [0.717, 1.165) is 5.56 Å². The number of aryl methyl sites for hydroxylation is 1. The van der Waals surface area contributed by atoms with Crippen LogP contribution in [0.4, 0.5) is 0 Å². The number of hydrogen-bond acceptors (Lipinski definition) is 3. The molecule has 1 aromatic carbocycles. The molecule has 0 aromatic heterocycles. The fourth-order valence-corrected chi connectivity index (χ4v) is 0.633. The predicted molar refractivity (Wildman–Crippen MR) is 32.9 cm³/mol. The van der Waals surface area contributed by atoms with E-state index in [0.29, 0.717) is 5.75 Å². The lowest BCUT2D eigenvalue weighted by atomic mass is 10.2. The molecule has 0 heterocycles. The highest BCUT2D eigenvalue weighted by Crippen LogP contribution is 2.10. The lowest BCUT2D eigenvalue weighted by Crippen LogP contribution is -2.08. The van der Waals surface area contributed by atoms with Gasteiger partial charge < -0.3 is 10.1 Å². The number of rotatable bonds is 2. The molecule has 0 atom stereocenters. The molecule has 0 radical (unpaired) electrons. The third-order valence-electron chi connectivity index (χ3n) is 1.15. The molecule has 3 heteroatoms. The van der Waals surface area contributed by atoms with Crippen molar-refractivity contribution in [3.05, 3.63) is 29.8 Å². The van der Waals surface area contributed by atoms with Crippen molar-refractivity contribution < 1.29 is 15.2 Å². The van der Waals surface area contributed by atoms with Crippen molar-refractivity contribution >= 4 is 0 Å². The van der Waals surface area contributed by atoms with Gasteiger partial charge in [0.1, 0.15) is 0 Å². The van der Waals surface area contributed by atoms with Gasteiger partial charge in [-0.3, -0.25) is 0 Å². The van der Waals surface area contributed by atoms with Gasteiger partial charge in [-0.2, -0.15) is 0 Å². The summed E-state index contributed by atoms with van der Waals surface area (Å²) in [5, 5.41) is 12.7. The highest BCUT2D eigenvalue weighted by molar-refractivity contribution is 5.25. The monoisotopic (exact) mass is 139 g/mol. The summed E-state index contributed by atoms with van der Waals surface area (Å²) >= 11 is 0. The van der Waals surface area contributed by atoms with Gasteiger partial charge in [-0.05, 0) is 19.1 Å². The normalized spacial score (nSPS) is 9.40. The van der Waals surface area contributed by atoms with Crippen molar-refractivity contribution in [1.82, 2.24) is 0 Å². The SMILES string of the molecule is Cc1ccc(OO[O-])cc1. The molecule has 0 aliphatic heterocycles. The van der Waals surface area contributed by atoms with E-state index in [1.54, 1.807) is 12.1 Å². The van der Waals surface area contributed by atoms with E-state index in [1.807, 2.05) is 19.1 Å². The number of hydrogen-bond donors (Lipinski definition) is 0. The summed E-state index contributed by atoms with van der Waals surface area (Å²) in [5.74, 6) is 0.417. The molecule has 0 fully saturated rings. The van der Waals surface area contributed by atoms with E-state index in [-0.39, 0.29) is 0 Å². The van der Waals surface area contributed by atoms with Crippen LogP contribution in [0.1, 0.15) is 5.56 Å². The Morgan fingerprint density at radius 2 is 1.80 bits per heavy atom. The van der Waals surface area contributed by atoms with Crippen LogP contribution < -0.4 is 10.1 Å². The molecule has 0 bridgehead atoms. The minimum absolute atomic E-state index is 0.417. The Hall–Kier alpha value is -1.06. The highest BCUT2D eigenvalue weighted by atomic mass is 17.5. The van der Waals surface area contributed by atoms with Gasteiger partial charge in [0, 0.05) is 0 Å². The van der Waals surface area contributed by atoms with Gasteiger partial charge >= 0.3 is 0 Å². The van der Waals surface area contributed by atoms with E-state index >= 15 is 0 Å². The molecule has 0 amide bonds. The van der Waals surface area contributed by atoms with Crippen LogP contribution >= 0.6 is 0 Å². The second-order valence-electron chi connectivity index (χ2n) is 1.96. The summed E-state index contributed by atoms with van der Waals surface area (Å²) in [6.07, 6.45) is 0. The molecule has 0 aliphatic rings.